The first-order valence-corrected chi connectivity index (χ1v) is 14.8. The highest BCUT2D eigenvalue weighted by molar-refractivity contribution is 7.07. The molecule has 0 fully saturated rings. The number of hydrogen-bond acceptors (Lipinski definition) is 6. The maximum absolute atomic E-state index is 14.3. The Kier molecular flexibility index (Phi) is 7.39. The van der Waals surface area contributed by atoms with Crippen molar-refractivity contribution in [3.05, 3.63) is 127 Å². The monoisotopic (exact) mass is 577 g/mol. The number of benzene rings is 3. The van der Waals surface area contributed by atoms with Crippen molar-refractivity contribution in [1.29, 1.82) is 0 Å². The van der Waals surface area contributed by atoms with Gasteiger partial charge in [-0.1, -0.05) is 72.0 Å². The van der Waals surface area contributed by atoms with Gasteiger partial charge in [-0.05, 0) is 50.6 Å². The summed E-state index contributed by atoms with van der Waals surface area (Å²) < 4.78 is 15.5. The van der Waals surface area contributed by atoms with Crippen molar-refractivity contribution < 1.29 is 14.3 Å². The number of aryl methyl sites for hydroxylation is 1. The third-order valence-electron chi connectivity index (χ3n) is 7.60. The number of ether oxygens (including phenoxy) is 2. The standard InChI is InChI=1S/C34H31N3O4S/c1-5-40-24-18-16-23(17-19-24)31-29(33(39)41-6-2)30(22-12-8-7-9-13-22)35-34-37(31)32(38)28(42-34)20-26-21(3)36(4)27-15-11-10-14-25(26)27/h7-20,31H,5-6H2,1-4H3/b28-20+/t31-/m0/s1. The average molecular weight is 578 g/mol. The molecule has 0 spiro atoms. The van der Waals surface area contributed by atoms with Gasteiger partial charge in [-0.25, -0.2) is 9.79 Å². The SMILES string of the molecule is CCOC(=O)C1=C(c2ccccc2)N=c2s/c(=C/c3c(C)n(C)c4ccccc34)c(=O)n2[C@H]1c1ccc(OCC)cc1. The second-order valence-corrected chi connectivity index (χ2v) is 11.0. The van der Waals surface area contributed by atoms with Crippen molar-refractivity contribution >= 4 is 40.0 Å². The Morgan fingerprint density at radius 1 is 0.976 bits per heavy atom. The number of fused-ring (bicyclic) bond motifs is 2. The molecule has 0 aliphatic carbocycles. The van der Waals surface area contributed by atoms with E-state index in [2.05, 4.69) is 23.6 Å². The summed E-state index contributed by atoms with van der Waals surface area (Å²) in [5.74, 6) is 0.211. The first-order valence-electron chi connectivity index (χ1n) is 14.0. The molecule has 0 bridgehead atoms. The molecule has 2 aromatic heterocycles. The number of hydrogen-bond donors (Lipinski definition) is 0. The molecule has 7 nitrogen and oxygen atoms in total. The largest absolute Gasteiger partial charge is 0.494 e. The molecule has 42 heavy (non-hydrogen) atoms. The van der Waals surface area contributed by atoms with Crippen LogP contribution in [0, 0.1) is 6.92 Å². The first kappa shape index (κ1) is 27.5. The zero-order valence-electron chi connectivity index (χ0n) is 24.0. The summed E-state index contributed by atoms with van der Waals surface area (Å²) in [7, 11) is 2.03. The summed E-state index contributed by atoms with van der Waals surface area (Å²) in [5.41, 5.74) is 5.30. The second-order valence-electron chi connectivity index (χ2n) is 10.0. The minimum absolute atomic E-state index is 0.200. The van der Waals surface area contributed by atoms with Crippen molar-refractivity contribution in [2.45, 2.75) is 26.8 Å². The molecule has 3 heterocycles. The van der Waals surface area contributed by atoms with Crippen LogP contribution < -0.4 is 19.6 Å². The lowest BCUT2D eigenvalue weighted by molar-refractivity contribution is -0.138. The Balaban J connectivity index is 1.65. The Hall–Kier alpha value is -4.69. The van der Waals surface area contributed by atoms with E-state index < -0.39 is 12.0 Å². The molecule has 0 amide bonds. The smallest absolute Gasteiger partial charge is 0.338 e. The Morgan fingerprint density at radius 2 is 1.69 bits per heavy atom. The maximum atomic E-state index is 14.3. The van der Waals surface area contributed by atoms with Gasteiger partial charge >= 0.3 is 5.97 Å². The van der Waals surface area contributed by atoms with Crippen LogP contribution >= 0.6 is 11.3 Å². The summed E-state index contributed by atoms with van der Waals surface area (Å²) in [4.78, 5) is 33.4. The van der Waals surface area contributed by atoms with E-state index in [-0.39, 0.29) is 12.2 Å². The summed E-state index contributed by atoms with van der Waals surface area (Å²) >= 11 is 1.33. The molecule has 6 rings (SSSR count). The van der Waals surface area contributed by atoms with Crippen molar-refractivity contribution in [2.24, 2.45) is 12.0 Å². The van der Waals surface area contributed by atoms with E-state index in [1.54, 1.807) is 11.5 Å². The molecular formula is C34H31N3O4S. The fourth-order valence-electron chi connectivity index (χ4n) is 5.53. The first-order chi connectivity index (χ1) is 20.4. The number of carbonyl (C=O) groups excluding carboxylic acids is 1. The van der Waals surface area contributed by atoms with E-state index >= 15 is 0 Å². The van der Waals surface area contributed by atoms with E-state index in [4.69, 9.17) is 14.5 Å². The normalized spacial score (nSPS) is 15.0. The van der Waals surface area contributed by atoms with Crippen LogP contribution in [-0.4, -0.2) is 28.3 Å². The van der Waals surface area contributed by atoms with Crippen molar-refractivity contribution in [3.8, 4) is 5.75 Å². The van der Waals surface area contributed by atoms with E-state index in [1.807, 2.05) is 86.8 Å². The van der Waals surface area contributed by atoms with Gasteiger partial charge in [0.15, 0.2) is 4.80 Å². The van der Waals surface area contributed by atoms with Gasteiger partial charge in [0.1, 0.15) is 5.75 Å². The van der Waals surface area contributed by atoms with Crippen LogP contribution in [0.15, 0.2) is 94.2 Å². The molecular weight excluding hydrogens is 546 g/mol. The van der Waals surface area contributed by atoms with Crippen molar-refractivity contribution in [3.63, 3.8) is 0 Å². The molecule has 0 saturated heterocycles. The number of carbonyl (C=O) groups is 1. The minimum Gasteiger partial charge on any atom is -0.494 e. The second kappa shape index (κ2) is 11.3. The number of nitrogens with zero attached hydrogens (tertiary/aromatic N) is 3. The highest BCUT2D eigenvalue weighted by Gasteiger charge is 2.35. The van der Waals surface area contributed by atoms with Crippen LogP contribution in [0.5, 0.6) is 5.75 Å². The molecule has 5 aromatic rings. The molecule has 3 aromatic carbocycles. The number of esters is 1. The van der Waals surface area contributed by atoms with Crippen molar-refractivity contribution in [1.82, 2.24) is 9.13 Å². The molecule has 8 heteroatoms. The van der Waals surface area contributed by atoms with Gasteiger partial charge in [-0.3, -0.25) is 9.36 Å². The van der Waals surface area contributed by atoms with Crippen LogP contribution in [0.1, 0.15) is 42.3 Å². The number of aromatic nitrogens is 2. The predicted molar refractivity (Wildman–Crippen MR) is 166 cm³/mol. The lowest BCUT2D eigenvalue weighted by Gasteiger charge is -2.26. The average Bonchev–Trinajstić information content (AvgIpc) is 3.45. The lowest BCUT2D eigenvalue weighted by atomic mass is 9.93. The fourth-order valence-corrected chi connectivity index (χ4v) is 6.51. The lowest BCUT2D eigenvalue weighted by Crippen LogP contribution is -2.40. The van der Waals surface area contributed by atoms with Crippen molar-refractivity contribution in [2.75, 3.05) is 13.2 Å². The quantitative estimate of drug-likeness (QED) is 0.251. The van der Waals surface area contributed by atoms with E-state index in [0.717, 1.165) is 33.3 Å². The van der Waals surface area contributed by atoms with Gasteiger partial charge < -0.3 is 14.0 Å². The Labute approximate surface area is 247 Å². The Bertz CT molecular complexity index is 2020. The third-order valence-corrected chi connectivity index (χ3v) is 8.59. The zero-order valence-corrected chi connectivity index (χ0v) is 24.8. The minimum atomic E-state index is -0.734. The van der Waals surface area contributed by atoms with E-state index in [0.29, 0.717) is 33.0 Å². The molecule has 1 atom stereocenters. The van der Waals surface area contributed by atoms with E-state index in [9.17, 15) is 9.59 Å². The van der Waals surface area contributed by atoms with Crippen LogP contribution in [0.4, 0.5) is 0 Å². The van der Waals surface area contributed by atoms with Gasteiger partial charge in [-0.2, -0.15) is 0 Å². The van der Waals surface area contributed by atoms with Gasteiger partial charge in [0.25, 0.3) is 5.56 Å². The molecule has 0 radical (unpaired) electrons. The molecule has 0 saturated carbocycles. The highest BCUT2D eigenvalue weighted by atomic mass is 32.1. The van der Waals surface area contributed by atoms with Crippen LogP contribution in [-0.2, 0) is 16.6 Å². The summed E-state index contributed by atoms with van der Waals surface area (Å²) in [6.45, 7) is 6.49. The maximum Gasteiger partial charge on any atom is 0.338 e. The third kappa shape index (κ3) is 4.67. The zero-order chi connectivity index (χ0) is 29.4. The van der Waals surface area contributed by atoms with Crippen LogP contribution in [0.2, 0.25) is 0 Å². The number of rotatable bonds is 7. The highest BCUT2D eigenvalue weighted by Crippen LogP contribution is 2.36. The Morgan fingerprint density at radius 3 is 2.40 bits per heavy atom. The molecule has 212 valence electrons. The summed E-state index contributed by atoms with van der Waals surface area (Å²) in [5, 5.41) is 1.07. The van der Waals surface area contributed by atoms with Gasteiger partial charge in [0.2, 0.25) is 0 Å². The topological polar surface area (TPSA) is 74.8 Å². The summed E-state index contributed by atoms with van der Waals surface area (Å²) in [6, 6.07) is 24.5. The van der Waals surface area contributed by atoms with Crippen LogP contribution in [0.3, 0.4) is 0 Å². The fraction of sp³-hybridized carbons (Fsp3) is 0.206. The summed E-state index contributed by atoms with van der Waals surface area (Å²) in [6.07, 6.45) is 1.95. The van der Waals surface area contributed by atoms with E-state index in [1.165, 1.54) is 11.3 Å². The van der Waals surface area contributed by atoms with Gasteiger partial charge in [0.05, 0.1) is 35.1 Å². The molecule has 1 aliphatic heterocycles. The molecule has 1 aliphatic rings. The van der Waals surface area contributed by atoms with Crippen LogP contribution in [0.25, 0.3) is 22.7 Å². The number of para-hydroxylation sites is 1. The molecule has 0 unspecified atom stereocenters. The van der Waals surface area contributed by atoms with Gasteiger partial charge in [0, 0.05) is 34.8 Å². The van der Waals surface area contributed by atoms with Gasteiger partial charge in [-0.15, -0.1) is 0 Å². The predicted octanol–water partition coefficient (Wildman–Crippen LogP) is 5.13. The number of thiazole rings is 1. The molecule has 0 N–H and O–H groups in total.